The predicted molar refractivity (Wildman–Crippen MR) is 55.0 cm³/mol. The van der Waals surface area contributed by atoms with Gasteiger partial charge in [-0.3, -0.25) is 0 Å². The molecular weight excluding hydrogens is 178 g/mol. The predicted octanol–water partition coefficient (Wildman–Crippen LogP) is 0.841. The van der Waals surface area contributed by atoms with Gasteiger partial charge in [0.2, 0.25) is 0 Å². The highest BCUT2D eigenvalue weighted by Gasteiger charge is 2.07. The molecule has 0 atom stereocenters. The summed E-state index contributed by atoms with van der Waals surface area (Å²) >= 11 is 0. The summed E-state index contributed by atoms with van der Waals surface area (Å²) in [7, 11) is 0. The molecule has 2 aromatic rings. The van der Waals surface area contributed by atoms with Gasteiger partial charge < -0.3 is 10.8 Å². The lowest BCUT2D eigenvalue weighted by Crippen LogP contribution is -1.94. The minimum Gasteiger partial charge on any atom is -0.396 e. The van der Waals surface area contributed by atoms with Gasteiger partial charge in [-0.25, -0.2) is 4.52 Å². The number of aryl methyl sites for hydroxylation is 1. The minimum absolute atomic E-state index is 0.174. The molecule has 14 heavy (non-hydrogen) atoms. The number of hydrogen-bond acceptors (Lipinski definition) is 3. The van der Waals surface area contributed by atoms with Crippen LogP contribution < -0.4 is 5.73 Å². The van der Waals surface area contributed by atoms with Crippen LogP contribution in [0.5, 0.6) is 0 Å². The molecule has 0 fully saturated rings. The Morgan fingerprint density at radius 1 is 1.43 bits per heavy atom. The van der Waals surface area contributed by atoms with Crippen LogP contribution in [0, 0.1) is 0 Å². The lowest BCUT2D eigenvalue weighted by atomic mass is 10.2. The number of nitrogens with two attached hydrogens (primary N) is 1. The van der Waals surface area contributed by atoms with E-state index in [2.05, 4.69) is 5.10 Å². The van der Waals surface area contributed by atoms with E-state index in [0.717, 1.165) is 23.3 Å². The van der Waals surface area contributed by atoms with Crippen LogP contribution in [0.25, 0.3) is 5.52 Å². The fourth-order valence-electron chi connectivity index (χ4n) is 1.50. The monoisotopic (exact) mass is 191 g/mol. The Labute approximate surface area is 82.0 Å². The number of aromatic nitrogens is 2. The standard InChI is InChI=1S/C10H13N3O/c11-10-8(4-3-7-14)12-13-6-2-1-5-9(10)13/h1-2,5-6,14H,3-4,7,11H2. The van der Waals surface area contributed by atoms with Crippen molar-refractivity contribution in [3.8, 4) is 0 Å². The summed E-state index contributed by atoms with van der Waals surface area (Å²) in [6.45, 7) is 0.174. The number of aliphatic hydroxyl groups excluding tert-OH is 1. The molecule has 74 valence electrons. The first-order valence-electron chi connectivity index (χ1n) is 4.65. The molecule has 0 radical (unpaired) electrons. The van der Waals surface area contributed by atoms with Gasteiger partial charge in [-0.05, 0) is 25.0 Å². The highest BCUT2D eigenvalue weighted by atomic mass is 16.2. The van der Waals surface area contributed by atoms with Crippen LogP contribution in [0.2, 0.25) is 0 Å². The summed E-state index contributed by atoms with van der Waals surface area (Å²) in [5, 5.41) is 13.0. The maximum absolute atomic E-state index is 8.72. The van der Waals surface area contributed by atoms with E-state index in [0.29, 0.717) is 6.42 Å². The SMILES string of the molecule is Nc1c(CCCO)nn2ccccc12. The van der Waals surface area contributed by atoms with E-state index >= 15 is 0 Å². The van der Waals surface area contributed by atoms with Gasteiger partial charge >= 0.3 is 0 Å². The molecule has 2 heterocycles. The van der Waals surface area contributed by atoms with Crippen LogP contribution in [0.4, 0.5) is 5.69 Å². The molecule has 2 rings (SSSR count). The molecule has 4 nitrogen and oxygen atoms in total. The van der Waals surface area contributed by atoms with Crippen LogP contribution in [0.1, 0.15) is 12.1 Å². The molecule has 0 unspecified atom stereocenters. The van der Waals surface area contributed by atoms with Crippen molar-refractivity contribution in [1.82, 2.24) is 9.61 Å². The molecule has 0 aliphatic rings. The molecule has 3 N–H and O–H groups in total. The second-order valence-corrected chi connectivity index (χ2v) is 3.22. The second kappa shape index (κ2) is 3.67. The number of fused-ring (bicyclic) bond motifs is 1. The number of nitrogens with zero attached hydrogens (tertiary/aromatic N) is 2. The van der Waals surface area contributed by atoms with Gasteiger partial charge in [0.25, 0.3) is 0 Å². The van der Waals surface area contributed by atoms with Crippen LogP contribution in [0.3, 0.4) is 0 Å². The Bertz CT molecular complexity index is 436. The van der Waals surface area contributed by atoms with Crippen LogP contribution >= 0.6 is 0 Å². The molecule has 0 aliphatic carbocycles. The normalized spacial score (nSPS) is 10.9. The molecule has 4 heteroatoms. The van der Waals surface area contributed by atoms with Crippen molar-refractivity contribution in [2.75, 3.05) is 12.3 Å². The first-order valence-corrected chi connectivity index (χ1v) is 4.65. The van der Waals surface area contributed by atoms with Gasteiger partial charge in [0.1, 0.15) is 0 Å². The van der Waals surface area contributed by atoms with E-state index in [4.69, 9.17) is 10.8 Å². The summed E-state index contributed by atoms with van der Waals surface area (Å²) in [6.07, 6.45) is 3.30. The summed E-state index contributed by atoms with van der Waals surface area (Å²) in [4.78, 5) is 0. The highest BCUT2D eigenvalue weighted by Crippen LogP contribution is 2.18. The quantitative estimate of drug-likeness (QED) is 0.755. The number of anilines is 1. The molecule has 0 amide bonds. The third-order valence-corrected chi connectivity index (χ3v) is 2.23. The average molecular weight is 191 g/mol. The van der Waals surface area contributed by atoms with Gasteiger partial charge in [-0.15, -0.1) is 0 Å². The van der Waals surface area contributed by atoms with E-state index in [1.807, 2.05) is 24.4 Å². The third-order valence-electron chi connectivity index (χ3n) is 2.23. The second-order valence-electron chi connectivity index (χ2n) is 3.22. The topological polar surface area (TPSA) is 63.5 Å². The lowest BCUT2D eigenvalue weighted by molar-refractivity contribution is 0.288. The molecule has 0 saturated heterocycles. The average Bonchev–Trinajstić information content (AvgIpc) is 2.54. The molecule has 0 spiro atoms. The van der Waals surface area contributed by atoms with Crippen LogP contribution in [0.15, 0.2) is 24.4 Å². The number of pyridine rings is 1. The largest absolute Gasteiger partial charge is 0.396 e. The van der Waals surface area contributed by atoms with E-state index in [9.17, 15) is 0 Å². The van der Waals surface area contributed by atoms with Gasteiger partial charge in [0.15, 0.2) is 0 Å². The van der Waals surface area contributed by atoms with Crippen molar-refractivity contribution in [2.45, 2.75) is 12.8 Å². The zero-order valence-corrected chi connectivity index (χ0v) is 7.85. The first-order chi connectivity index (χ1) is 6.83. The minimum atomic E-state index is 0.174. The smallest absolute Gasteiger partial charge is 0.0894 e. The molecule has 0 bridgehead atoms. The Morgan fingerprint density at radius 2 is 2.29 bits per heavy atom. The van der Waals surface area contributed by atoms with Crippen LogP contribution in [-0.4, -0.2) is 21.3 Å². The summed E-state index contributed by atoms with van der Waals surface area (Å²) in [5.74, 6) is 0. The fourth-order valence-corrected chi connectivity index (χ4v) is 1.50. The number of nitrogen functional groups attached to an aromatic ring is 1. The maximum Gasteiger partial charge on any atom is 0.0894 e. The van der Waals surface area contributed by atoms with Crippen LogP contribution in [-0.2, 0) is 6.42 Å². The zero-order valence-electron chi connectivity index (χ0n) is 7.85. The fraction of sp³-hybridized carbons (Fsp3) is 0.300. The summed E-state index contributed by atoms with van der Waals surface area (Å²) in [6, 6.07) is 5.78. The van der Waals surface area contributed by atoms with Crippen molar-refractivity contribution in [1.29, 1.82) is 0 Å². The van der Waals surface area contributed by atoms with E-state index in [1.165, 1.54) is 0 Å². The molecule has 0 saturated carbocycles. The maximum atomic E-state index is 8.72. The summed E-state index contributed by atoms with van der Waals surface area (Å²) in [5.41, 5.74) is 8.43. The van der Waals surface area contributed by atoms with Crippen molar-refractivity contribution in [3.05, 3.63) is 30.1 Å². The van der Waals surface area contributed by atoms with E-state index in [1.54, 1.807) is 4.52 Å². The van der Waals surface area contributed by atoms with E-state index in [-0.39, 0.29) is 6.61 Å². The number of hydrogen-bond donors (Lipinski definition) is 2. The molecule has 2 aromatic heterocycles. The molecular formula is C10H13N3O. The number of rotatable bonds is 3. The van der Waals surface area contributed by atoms with Crippen molar-refractivity contribution >= 4 is 11.2 Å². The van der Waals surface area contributed by atoms with Gasteiger partial charge in [0.05, 0.1) is 16.9 Å². The van der Waals surface area contributed by atoms with Crippen molar-refractivity contribution < 1.29 is 5.11 Å². The third kappa shape index (κ3) is 1.44. The molecule has 0 aliphatic heterocycles. The van der Waals surface area contributed by atoms with Crippen molar-refractivity contribution in [3.63, 3.8) is 0 Å². The zero-order chi connectivity index (χ0) is 9.97. The Hall–Kier alpha value is -1.55. The van der Waals surface area contributed by atoms with Gasteiger partial charge in [-0.1, -0.05) is 6.07 Å². The Balaban J connectivity index is 2.41. The number of aliphatic hydroxyl groups is 1. The Morgan fingerprint density at radius 3 is 3.00 bits per heavy atom. The lowest BCUT2D eigenvalue weighted by Gasteiger charge is -1.93. The van der Waals surface area contributed by atoms with Gasteiger partial charge in [0, 0.05) is 12.8 Å². The Kier molecular flexibility index (Phi) is 2.37. The molecule has 0 aromatic carbocycles. The van der Waals surface area contributed by atoms with E-state index < -0.39 is 0 Å². The van der Waals surface area contributed by atoms with Gasteiger partial charge in [-0.2, -0.15) is 5.10 Å². The van der Waals surface area contributed by atoms with Crippen molar-refractivity contribution in [2.24, 2.45) is 0 Å². The highest BCUT2D eigenvalue weighted by molar-refractivity contribution is 5.71. The summed E-state index contributed by atoms with van der Waals surface area (Å²) < 4.78 is 1.77. The first kappa shape index (κ1) is 9.02.